The fourth-order valence-electron chi connectivity index (χ4n) is 7.52. The van der Waals surface area contributed by atoms with Crippen molar-refractivity contribution in [3.63, 3.8) is 0 Å². The lowest BCUT2D eigenvalue weighted by Gasteiger charge is -2.49. The molecule has 0 bridgehead atoms. The third kappa shape index (κ3) is 7.50. The molecule has 4 rings (SSSR count). The first-order valence-electron chi connectivity index (χ1n) is 15.7. The molecular weight excluding hydrogens is 598 g/mol. The van der Waals surface area contributed by atoms with E-state index in [-0.39, 0.29) is 29.4 Å². The monoisotopic (exact) mass is 640 g/mol. The summed E-state index contributed by atoms with van der Waals surface area (Å²) in [6.07, 6.45) is -5.34. The predicted molar refractivity (Wildman–Crippen MR) is 158 cm³/mol. The second-order valence-corrected chi connectivity index (χ2v) is 12.5. The van der Waals surface area contributed by atoms with Gasteiger partial charge in [0, 0.05) is 6.54 Å². The second-order valence-electron chi connectivity index (χ2n) is 12.5. The number of halogens is 6. The Morgan fingerprint density at radius 1 is 0.956 bits per heavy atom. The van der Waals surface area contributed by atoms with Crippen molar-refractivity contribution in [2.75, 3.05) is 19.7 Å². The smallest absolute Gasteiger partial charge is 0.416 e. The summed E-state index contributed by atoms with van der Waals surface area (Å²) >= 11 is 0. The van der Waals surface area contributed by atoms with Crippen molar-refractivity contribution in [2.24, 2.45) is 17.3 Å². The van der Waals surface area contributed by atoms with Gasteiger partial charge < -0.3 is 15.4 Å². The lowest BCUT2D eigenvalue weighted by molar-refractivity contribution is -0.163. The molecule has 2 aromatic rings. The SMILES string of the molecule is CCOC(=O)C1(C(CC)C2CCC(NC(=O)C(C)c3cc(C(F)(F)F)cc(C(F)(F)F)c3)(c3ccccc3)CC2)CCCNC1. The van der Waals surface area contributed by atoms with Crippen molar-refractivity contribution in [3.05, 3.63) is 70.8 Å². The summed E-state index contributed by atoms with van der Waals surface area (Å²) in [5, 5.41) is 6.46. The Morgan fingerprint density at radius 2 is 1.56 bits per heavy atom. The zero-order chi connectivity index (χ0) is 33.0. The molecule has 2 fully saturated rings. The highest BCUT2D eigenvalue weighted by Crippen LogP contribution is 2.50. The largest absolute Gasteiger partial charge is 0.466 e. The molecule has 1 saturated heterocycles. The van der Waals surface area contributed by atoms with Crippen LogP contribution in [0, 0.1) is 17.3 Å². The van der Waals surface area contributed by atoms with Crippen molar-refractivity contribution in [1.82, 2.24) is 10.6 Å². The highest BCUT2D eigenvalue weighted by Gasteiger charge is 2.51. The molecule has 1 aliphatic carbocycles. The van der Waals surface area contributed by atoms with Crippen LogP contribution in [-0.4, -0.2) is 31.6 Å². The average molecular weight is 641 g/mol. The number of carbonyl (C=O) groups excluding carboxylic acids is 2. The van der Waals surface area contributed by atoms with Crippen molar-refractivity contribution >= 4 is 11.9 Å². The van der Waals surface area contributed by atoms with E-state index >= 15 is 0 Å². The van der Waals surface area contributed by atoms with Gasteiger partial charge in [-0.25, -0.2) is 0 Å². The third-order valence-electron chi connectivity index (χ3n) is 9.89. The number of benzene rings is 2. The Kier molecular flexibility index (Phi) is 10.6. The van der Waals surface area contributed by atoms with Gasteiger partial charge in [-0.2, -0.15) is 26.3 Å². The summed E-state index contributed by atoms with van der Waals surface area (Å²) in [5.74, 6) is -1.93. The maximum absolute atomic E-state index is 13.7. The number of rotatable bonds is 9. The van der Waals surface area contributed by atoms with Crippen LogP contribution in [0.25, 0.3) is 0 Å². The highest BCUT2D eigenvalue weighted by atomic mass is 19.4. The number of hydrogen-bond donors (Lipinski definition) is 2. The molecule has 0 radical (unpaired) electrons. The second kappa shape index (κ2) is 13.7. The summed E-state index contributed by atoms with van der Waals surface area (Å²) < 4.78 is 86.8. The summed E-state index contributed by atoms with van der Waals surface area (Å²) in [6.45, 7) is 6.86. The Bertz CT molecular complexity index is 1280. The molecule has 3 unspecified atom stereocenters. The number of ether oxygens (including phenoxy) is 1. The average Bonchev–Trinajstić information content (AvgIpc) is 3.01. The molecule has 45 heavy (non-hydrogen) atoms. The number of nitrogens with one attached hydrogen (secondary N) is 2. The minimum absolute atomic E-state index is 0.0404. The first-order chi connectivity index (χ1) is 21.2. The van der Waals surface area contributed by atoms with Crippen LogP contribution >= 0.6 is 0 Å². The number of esters is 1. The fourth-order valence-corrected chi connectivity index (χ4v) is 7.52. The van der Waals surface area contributed by atoms with Gasteiger partial charge in [-0.15, -0.1) is 0 Å². The van der Waals surface area contributed by atoms with Crippen LogP contribution in [0.15, 0.2) is 48.5 Å². The maximum atomic E-state index is 13.7. The van der Waals surface area contributed by atoms with Gasteiger partial charge in [-0.3, -0.25) is 9.59 Å². The van der Waals surface area contributed by atoms with Gasteiger partial charge in [0.05, 0.1) is 34.6 Å². The quantitative estimate of drug-likeness (QED) is 0.216. The van der Waals surface area contributed by atoms with Crippen LogP contribution in [0.4, 0.5) is 26.3 Å². The van der Waals surface area contributed by atoms with E-state index in [1.807, 2.05) is 30.3 Å². The maximum Gasteiger partial charge on any atom is 0.416 e. The van der Waals surface area contributed by atoms with Crippen molar-refractivity contribution in [1.29, 1.82) is 0 Å². The Balaban J connectivity index is 1.62. The molecule has 5 nitrogen and oxygen atoms in total. The molecule has 11 heteroatoms. The van der Waals surface area contributed by atoms with Crippen LogP contribution in [0.1, 0.15) is 93.9 Å². The van der Waals surface area contributed by atoms with E-state index in [1.165, 1.54) is 6.92 Å². The van der Waals surface area contributed by atoms with E-state index in [9.17, 15) is 35.9 Å². The summed E-state index contributed by atoms with van der Waals surface area (Å²) in [7, 11) is 0. The van der Waals surface area contributed by atoms with E-state index in [1.54, 1.807) is 6.92 Å². The van der Waals surface area contributed by atoms with Crippen LogP contribution < -0.4 is 10.6 Å². The molecule has 1 saturated carbocycles. The minimum Gasteiger partial charge on any atom is -0.466 e. The van der Waals surface area contributed by atoms with Crippen molar-refractivity contribution in [2.45, 2.75) is 89.5 Å². The van der Waals surface area contributed by atoms with Crippen molar-refractivity contribution in [3.8, 4) is 0 Å². The molecule has 1 aliphatic heterocycles. The summed E-state index contributed by atoms with van der Waals surface area (Å²) in [5.41, 5.74) is -3.99. The van der Waals surface area contributed by atoms with Crippen LogP contribution in [-0.2, 0) is 32.2 Å². The summed E-state index contributed by atoms with van der Waals surface area (Å²) in [6, 6.07) is 10.5. The van der Waals surface area contributed by atoms with Gasteiger partial charge in [-0.1, -0.05) is 43.7 Å². The molecule has 2 aliphatic rings. The van der Waals surface area contributed by atoms with Gasteiger partial charge in [-0.05, 0) is 100 Å². The topological polar surface area (TPSA) is 67.4 Å². The number of amides is 1. The molecular formula is C34H42F6N2O3. The molecule has 1 amide bonds. The number of carbonyl (C=O) groups is 2. The van der Waals surface area contributed by atoms with Crippen LogP contribution in [0.5, 0.6) is 0 Å². The molecule has 2 N–H and O–H groups in total. The molecule has 2 aromatic carbocycles. The first-order valence-corrected chi connectivity index (χ1v) is 15.7. The van der Waals surface area contributed by atoms with E-state index in [4.69, 9.17) is 4.74 Å². The van der Waals surface area contributed by atoms with Gasteiger partial charge in [0.1, 0.15) is 0 Å². The molecule has 248 valence electrons. The van der Waals surface area contributed by atoms with Gasteiger partial charge in [0.15, 0.2) is 0 Å². The predicted octanol–water partition coefficient (Wildman–Crippen LogP) is 7.99. The fraction of sp³-hybridized carbons (Fsp3) is 0.588. The van der Waals surface area contributed by atoms with E-state index in [0.29, 0.717) is 51.0 Å². The van der Waals surface area contributed by atoms with Crippen LogP contribution in [0.3, 0.4) is 0 Å². The minimum atomic E-state index is -5.01. The first kappa shape index (κ1) is 34.8. The van der Waals surface area contributed by atoms with Gasteiger partial charge in [0.25, 0.3) is 0 Å². The molecule has 1 heterocycles. The number of piperidine rings is 1. The van der Waals surface area contributed by atoms with Gasteiger partial charge >= 0.3 is 18.3 Å². The zero-order valence-corrected chi connectivity index (χ0v) is 25.9. The molecule has 0 aromatic heterocycles. The highest BCUT2D eigenvalue weighted by molar-refractivity contribution is 5.84. The standard InChI is InChI=1S/C34H42F6N2O3/c1-4-28(31(30(44)45-5-2)14-9-17-41-21-31)23-12-15-32(16-13-23,25-10-7-6-8-11-25)42-29(43)22(3)24-18-26(33(35,36)37)20-27(19-24)34(38,39)40/h6-8,10-11,18-20,22-23,28,41H,4-5,9,12-17,21H2,1-3H3,(H,42,43). The van der Waals surface area contributed by atoms with Gasteiger partial charge in [0.2, 0.25) is 5.91 Å². The Hall–Kier alpha value is -3.08. The van der Waals surface area contributed by atoms with Crippen molar-refractivity contribution < 1.29 is 40.7 Å². The van der Waals surface area contributed by atoms with E-state index in [0.717, 1.165) is 31.4 Å². The molecule has 3 atom stereocenters. The Labute approximate surface area is 260 Å². The lowest BCUT2D eigenvalue weighted by Crippen LogP contribution is -2.55. The third-order valence-corrected chi connectivity index (χ3v) is 9.89. The van der Waals surface area contributed by atoms with Crippen LogP contribution in [0.2, 0.25) is 0 Å². The molecule has 0 spiro atoms. The zero-order valence-electron chi connectivity index (χ0n) is 25.9. The lowest BCUT2D eigenvalue weighted by atomic mass is 9.59. The van der Waals surface area contributed by atoms with E-state index < -0.39 is 46.3 Å². The number of alkyl halides is 6. The van der Waals surface area contributed by atoms with E-state index in [2.05, 4.69) is 17.6 Å². The normalized spacial score (nSPS) is 25.7. The Morgan fingerprint density at radius 3 is 2.04 bits per heavy atom. The summed E-state index contributed by atoms with van der Waals surface area (Å²) in [4.78, 5) is 27.1. The number of hydrogen-bond acceptors (Lipinski definition) is 4.